The first kappa shape index (κ1) is 11.4. The van der Waals surface area contributed by atoms with Crippen molar-refractivity contribution >= 4 is 11.6 Å². The van der Waals surface area contributed by atoms with Crippen LogP contribution in [0, 0.1) is 23.6 Å². The van der Waals surface area contributed by atoms with Crippen molar-refractivity contribution in [3.8, 4) is 11.8 Å². The van der Waals surface area contributed by atoms with Gasteiger partial charge >= 0.3 is 0 Å². The third-order valence-electron chi connectivity index (χ3n) is 2.68. The summed E-state index contributed by atoms with van der Waals surface area (Å²) in [6.45, 7) is 2.05. The van der Waals surface area contributed by atoms with Crippen LogP contribution in [0.5, 0.6) is 0 Å². The molecule has 0 radical (unpaired) electrons. The fourth-order valence-electron chi connectivity index (χ4n) is 1.74. The number of rotatable bonds is 0. The van der Waals surface area contributed by atoms with Crippen LogP contribution in [0.2, 0.25) is 5.02 Å². The third-order valence-corrected chi connectivity index (χ3v) is 2.99. The Kier molecular flexibility index (Phi) is 3.82. The molecule has 1 aliphatic heterocycles. The third kappa shape index (κ3) is 2.98. The molecule has 1 N–H and O–H groups in total. The minimum Gasteiger partial charge on any atom is -0.317 e. The molecular formula is C13H13ClFN. The second-order valence-corrected chi connectivity index (χ2v) is 4.32. The van der Waals surface area contributed by atoms with E-state index in [1.165, 1.54) is 12.1 Å². The smallest absolute Gasteiger partial charge is 0.124 e. The molecule has 1 fully saturated rings. The lowest BCUT2D eigenvalue weighted by Gasteiger charge is -2.17. The highest BCUT2D eigenvalue weighted by molar-refractivity contribution is 6.31. The Bertz CT molecular complexity index is 427. The molecule has 0 spiro atoms. The summed E-state index contributed by atoms with van der Waals surface area (Å²) in [4.78, 5) is 0. The maximum Gasteiger partial charge on any atom is 0.124 e. The number of hydrogen-bond acceptors (Lipinski definition) is 1. The highest BCUT2D eigenvalue weighted by Gasteiger charge is 2.09. The van der Waals surface area contributed by atoms with Gasteiger partial charge in [0, 0.05) is 11.5 Å². The van der Waals surface area contributed by atoms with Gasteiger partial charge in [0.2, 0.25) is 0 Å². The zero-order valence-electron chi connectivity index (χ0n) is 8.89. The van der Waals surface area contributed by atoms with E-state index in [1.54, 1.807) is 6.07 Å². The van der Waals surface area contributed by atoms with Crippen LogP contribution in [0.4, 0.5) is 4.39 Å². The van der Waals surface area contributed by atoms with Gasteiger partial charge in [-0.1, -0.05) is 23.4 Å². The summed E-state index contributed by atoms with van der Waals surface area (Å²) in [5, 5.41) is 3.68. The number of benzene rings is 1. The van der Waals surface area contributed by atoms with E-state index in [2.05, 4.69) is 17.2 Å². The van der Waals surface area contributed by atoms with E-state index in [0.717, 1.165) is 25.9 Å². The van der Waals surface area contributed by atoms with Gasteiger partial charge in [0.15, 0.2) is 0 Å². The SMILES string of the molecule is Fc1ccc(C#CC2CCNCC2)c(Cl)c1. The average Bonchev–Trinajstić information content (AvgIpc) is 2.29. The van der Waals surface area contributed by atoms with Crippen LogP contribution in [0.3, 0.4) is 0 Å². The summed E-state index contributed by atoms with van der Waals surface area (Å²) >= 11 is 5.89. The zero-order valence-corrected chi connectivity index (χ0v) is 9.65. The Hall–Kier alpha value is -1.04. The van der Waals surface area contributed by atoms with Crippen LogP contribution < -0.4 is 5.32 Å². The van der Waals surface area contributed by atoms with E-state index >= 15 is 0 Å². The van der Waals surface area contributed by atoms with E-state index in [9.17, 15) is 4.39 Å². The normalized spacial score (nSPS) is 16.6. The second-order valence-electron chi connectivity index (χ2n) is 3.92. The molecule has 0 aromatic heterocycles. The Morgan fingerprint density at radius 2 is 2.06 bits per heavy atom. The Morgan fingerprint density at radius 1 is 1.31 bits per heavy atom. The molecule has 0 aliphatic carbocycles. The van der Waals surface area contributed by atoms with Crippen LogP contribution in [0.25, 0.3) is 0 Å². The van der Waals surface area contributed by atoms with E-state index in [-0.39, 0.29) is 5.82 Å². The van der Waals surface area contributed by atoms with Gasteiger partial charge in [-0.3, -0.25) is 0 Å². The summed E-state index contributed by atoms with van der Waals surface area (Å²) < 4.78 is 12.8. The molecule has 1 heterocycles. The van der Waals surface area contributed by atoms with Gasteiger partial charge in [0.1, 0.15) is 5.82 Å². The van der Waals surface area contributed by atoms with Gasteiger partial charge in [-0.05, 0) is 44.1 Å². The summed E-state index contributed by atoms with van der Waals surface area (Å²) in [5.74, 6) is 6.35. The van der Waals surface area contributed by atoms with E-state index in [4.69, 9.17) is 11.6 Å². The number of nitrogens with one attached hydrogen (secondary N) is 1. The van der Waals surface area contributed by atoms with Crippen LogP contribution in [-0.4, -0.2) is 13.1 Å². The molecule has 1 aromatic carbocycles. The molecule has 3 heteroatoms. The van der Waals surface area contributed by atoms with Crippen molar-refractivity contribution in [3.05, 3.63) is 34.6 Å². The lowest BCUT2D eigenvalue weighted by Crippen LogP contribution is -2.26. The number of piperidine rings is 1. The predicted octanol–water partition coefficient (Wildman–Crippen LogP) is 2.83. The van der Waals surface area contributed by atoms with Crippen molar-refractivity contribution in [2.24, 2.45) is 5.92 Å². The van der Waals surface area contributed by atoms with Crippen molar-refractivity contribution in [2.45, 2.75) is 12.8 Å². The van der Waals surface area contributed by atoms with Crippen molar-refractivity contribution in [1.29, 1.82) is 0 Å². The van der Waals surface area contributed by atoms with Crippen molar-refractivity contribution in [2.75, 3.05) is 13.1 Å². The molecule has 1 nitrogen and oxygen atoms in total. The lowest BCUT2D eigenvalue weighted by molar-refractivity contribution is 0.447. The van der Waals surface area contributed by atoms with E-state index in [0.29, 0.717) is 16.5 Å². The molecule has 2 rings (SSSR count). The van der Waals surface area contributed by atoms with Crippen molar-refractivity contribution in [3.63, 3.8) is 0 Å². The van der Waals surface area contributed by atoms with Crippen molar-refractivity contribution in [1.82, 2.24) is 5.32 Å². The molecule has 0 bridgehead atoms. The first-order valence-corrected chi connectivity index (χ1v) is 5.81. The monoisotopic (exact) mass is 237 g/mol. The van der Waals surface area contributed by atoms with Crippen LogP contribution in [-0.2, 0) is 0 Å². The number of halogens is 2. The molecule has 0 amide bonds. The maximum atomic E-state index is 12.8. The summed E-state index contributed by atoms with van der Waals surface area (Å²) in [5.41, 5.74) is 0.710. The molecule has 1 saturated heterocycles. The summed E-state index contributed by atoms with van der Waals surface area (Å²) in [6.07, 6.45) is 2.15. The maximum absolute atomic E-state index is 12.8. The van der Waals surface area contributed by atoms with Gasteiger partial charge in [-0.25, -0.2) is 4.39 Å². The van der Waals surface area contributed by atoms with E-state index < -0.39 is 0 Å². The van der Waals surface area contributed by atoms with Gasteiger partial charge in [0.05, 0.1) is 5.02 Å². The van der Waals surface area contributed by atoms with Crippen LogP contribution in [0.1, 0.15) is 18.4 Å². The molecule has 0 atom stereocenters. The Labute approximate surface area is 100.0 Å². The molecule has 16 heavy (non-hydrogen) atoms. The lowest BCUT2D eigenvalue weighted by atomic mass is 9.98. The van der Waals surface area contributed by atoms with Gasteiger partial charge in [-0.15, -0.1) is 0 Å². The molecule has 1 aliphatic rings. The summed E-state index contributed by atoms with van der Waals surface area (Å²) in [7, 11) is 0. The zero-order chi connectivity index (χ0) is 11.4. The predicted molar refractivity (Wildman–Crippen MR) is 63.9 cm³/mol. The summed E-state index contributed by atoms with van der Waals surface area (Å²) in [6, 6.07) is 4.32. The highest BCUT2D eigenvalue weighted by atomic mass is 35.5. The van der Waals surface area contributed by atoms with Crippen molar-refractivity contribution < 1.29 is 4.39 Å². The molecule has 0 saturated carbocycles. The number of hydrogen-bond donors (Lipinski definition) is 1. The van der Waals surface area contributed by atoms with Crippen LogP contribution in [0.15, 0.2) is 18.2 Å². The first-order chi connectivity index (χ1) is 7.75. The minimum absolute atomic E-state index is 0.322. The Balaban J connectivity index is 2.10. The Morgan fingerprint density at radius 3 is 2.75 bits per heavy atom. The quantitative estimate of drug-likeness (QED) is 0.685. The first-order valence-electron chi connectivity index (χ1n) is 5.43. The fraction of sp³-hybridized carbons (Fsp3) is 0.385. The molecule has 84 valence electrons. The average molecular weight is 238 g/mol. The van der Waals surface area contributed by atoms with Crippen LogP contribution >= 0.6 is 11.6 Å². The highest BCUT2D eigenvalue weighted by Crippen LogP contribution is 2.17. The van der Waals surface area contributed by atoms with Gasteiger partial charge in [0.25, 0.3) is 0 Å². The fourth-order valence-corrected chi connectivity index (χ4v) is 1.95. The largest absolute Gasteiger partial charge is 0.317 e. The van der Waals surface area contributed by atoms with E-state index in [1.807, 2.05) is 0 Å². The minimum atomic E-state index is -0.322. The van der Waals surface area contributed by atoms with Gasteiger partial charge < -0.3 is 5.32 Å². The second kappa shape index (κ2) is 5.34. The molecule has 0 unspecified atom stereocenters. The topological polar surface area (TPSA) is 12.0 Å². The van der Waals surface area contributed by atoms with Gasteiger partial charge in [-0.2, -0.15) is 0 Å². The molecule has 1 aromatic rings. The molecular weight excluding hydrogens is 225 g/mol. The standard InChI is InChI=1S/C13H13ClFN/c14-13-9-12(15)4-3-11(13)2-1-10-5-7-16-8-6-10/h3-4,9-10,16H,5-8H2.